The Hall–Kier alpha value is -3.54. The van der Waals surface area contributed by atoms with Gasteiger partial charge in [-0.3, -0.25) is 24.0 Å². The van der Waals surface area contributed by atoms with E-state index in [1.807, 2.05) is 0 Å². The molecular formula is C44H79N7O15. The number of nitrogens with zero attached hydrogens (tertiary/aromatic N) is 3. The number of Topliss-reactive ketones (excluding diaryl/α,β-unsaturated/α-hetero) is 1. The fraction of sp³-hybridized carbons (Fsp3) is 0.886. The van der Waals surface area contributed by atoms with Crippen molar-refractivity contribution in [2.75, 3.05) is 46.1 Å². The smallest absolute Gasteiger partial charge is 0.220 e. The summed E-state index contributed by atoms with van der Waals surface area (Å²) in [6.07, 6.45) is 1.65. The maximum absolute atomic E-state index is 13.4. The molecule has 0 bridgehead atoms. The van der Waals surface area contributed by atoms with Crippen molar-refractivity contribution in [3.05, 3.63) is 10.4 Å². The zero-order valence-electron chi connectivity index (χ0n) is 38.9. The Morgan fingerprint density at radius 3 is 1.73 bits per heavy atom. The average Bonchev–Trinajstić information content (AvgIpc) is 3.29. The number of ketones is 1. The molecule has 4 amide bonds. The molecule has 0 spiro atoms. The van der Waals surface area contributed by atoms with Gasteiger partial charge in [-0.05, 0) is 76.2 Å². The zero-order chi connectivity index (χ0) is 48.7. The molecule has 2 heterocycles. The lowest BCUT2D eigenvalue weighted by Gasteiger charge is -2.42. The van der Waals surface area contributed by atoms with Crippen molar-refractivity contribution in [2.45, 2.75) is 197 Å². The molecule has 10 N–H and O–H groups in total. The summed E-state index contributed by atoms with van der Waals surface area (Å²) < 4.78 is 22.6. The Balaban J connectivity index is 1.74. The molecule has 66 heavy (non-hydrogen) atoms. The molecule has 0 radical (unpaired) electrons. The lowest BCUT2D eigenvalue weighted by molar-refractivity contribution is -0.282. The third-order valence-electron chi connectivity index (χ3n) is 11.7. The Labute approximate surface area is 388 Å². The number of hydrogen-bond donors (Lipinski definition) is 10. The van der Waals surface area contributed by atoms with Gasteiger partial charge in [-0.25, -0.2) is 0 Å². The highest BCUT2D eigenvalue weighted by atomic mass is 16.7. The summed E-state index contributed by atoms with van der Waals surface area (Å²) in [5.41, 5.74) is 8.32. The van der Waals surface area contributed by atoms with Crippen LogP contribution in [0.1, 0.15) is 136 Å². The van der Waals surface area contributed by atoms with E-state index in [-0.39, 0.29) is 56.0 Å². The third kappa shape index (κ3) is 23.5. The summed E-state index contributed by atoms with van der Waals surface area (Å²) in [5, 5.41) is 74.6. The van der Waals surface area contributed by atoms with Crippen molar-refractivity contribution in [1.82, 2.24) is 21.3 Å². The Kier molecular flexibility index (Phi) is 30.8. The van der Waals surface area contributed by atoms with Gasteiger partial charge >= 0.3 is 0 Å². The lowest BCUT2D eigenvalue weighted by Crippen LogP contribution is -2.64. The first-order valence-corrected chi connectivity index (χ1v) is 23.8. The summed E-state index contributed by atoms with van der Waals surface area (Å²) in [6.45, 7) is 3.69. The highest BCUT2D eigenvalue weighted by Gasteiger charge is 2.45. The molecule has 0 aromatic heterocycles. The average molecular weight is 946 g/mol. The van der Waals surface area contributed by atoms with Crippen molar-refractivity contribution < 1.29 is 73.6 Å². The molecule has 2 aliphatic heterocycles. The van der Waals surface area contributed by atoms with E-state index in [1.54, 1.807) is 6.92 Å². The largest absolute Gasteiger partial charge is 0.394 e. The van der Waals surface area contributed by atoms with Crippen molar-refractivity contribution in [2.24, 2.45) is 11.0 Å². The number of carbonyl (C=O) groups is 5. The molecule has 2 aliphatic rings. The molecule has 380 valence electrons. The van der Waals surface area contributed by atoms with E-state index in [2.05, 4.69) is 31.3 Å². The maximum Gasteiger partial charge on any atom is 0.220 e. The summed E-state index contributed by atoms with van der Waals surface area (Å²) >= 11 is 0. The first-order chi connectivity index (χ1) is 31.7. The zero-order valence-corrected chi connectivity index (χ0v) is 38.9. The molecule has 0 aliphatic carbocycles. The van der Waals surface area contributed by atoms with Gasteiger partial charge in [0.1, 0.15) is 36.6 Å². The van der Waals surface area contributed by atoms with Crippen LogP contribution < -0.4 is 21.3 Å². The molecular weight excluding hydrogens is 867 g/mol. The van der Waals surface area contributed by atoms with Crippen molar-refractivity contribution in [3.63, 3.8) is 0 Å². The second-order valence-corrected chi connectivity index (χ2v) is 17.2. The molecule has 0 saturated carbocycles. The van der Waals surface area contributed by atoms with Crippen LogP contribution in [0.3, 0.4) is 0 Å². The fourth-order valence-electron chi connectivity index (χ4n) is 7.70. The molecule has 2 saturated heterocycles. The number of azide groups is 1. The first kappa shape index (κ1) is 58.6. The molecule has 11 atom stereocenters. The van der Waals surface area contributed by atoms with Gasteiger partial charge in [0.25, 0.3) is 0 Å². The fourth-order valence-corrected chi connectivity index (χ4v) is 7.70. The summed E-state index contributed by atoms with van der Waals surface area (Å²) in [7, 11) is 0. The van der Waals surface area contributed by atoms with Gasteiger partial charge in [0.05, 0.1) is 25.4 Å². The second kappa shape index (κ2) is 34.7. The monoisotopic (exact) mass is 946 g/mol. The van der Waals surface area contributed by atoms with Crippen LogP contribution >= 0.6 is 0 Å². The summed E-state index contributed by atoms with van der Waals surface area (Å²) in [6, 6.07) is -1.75. The van der Waals surface area contributed by atoms with Crippen LogP contribution in [0.15, 0.2) is 5.11 Å². The number of rotatable bonds is 36. The van der Waals surface area contributed by atoms with Gasteiger partial charge < -0.3 is 70.9 Å². The number of hydrogen-bond acceptors (Lipinski definition) is 16. The van der Waals surface area contributed by atoms with Crippen molar-refractivity contribution in [3.8, 4) is 0 Å². The first-order valence-electron chi connectivity index (χ1n) is 23.8. The number of aliphatic hydroxyl groups is 6. The quantitative estimate of drug-likeness (QED) is 0.0182. The number of nitrogens with one attached hydrogen (secondary N) is 4. The van der Waals surface area contributed by atoms with E-state index >= 15 is 0 Å². The van der Waals surface area contributed by atoms with Crippen LogP contribution in [0.25, 0.3) is 10.4 Å². The van der Waals surface area contributed by atoms with E-state index in [1.165, 1.54) is 6.92 Å². The minimum absolute atomic E-state index is 0.00591. The number of amides is 4. The van der Waals surface area contributed by atoms with Crippen LogP contribution in [-0.4, -0.2) is 167 Å². The SMILES string of the molecule is CC(=O)NC1C(OCCCCC(=O)NCCCC[C@@H](NC(=O)CCCCOC2OC(CO)C(O)C(O)C2C)C(=O)CCCCCCC(=O)NCCCCCCN=[N+]=[N-])OC(CO)C(O)C1O. The molecule has 2 fully saturated rings. The van der Waals surface area contributed by atoms with Crippen molar-refractivity contribution in [1.29, 1.82) is 0 Å². The Morgan fingerprint density at radius 1 is 0.636 bits per heavy atom. The lowest BCUT2D eigenvalue weighted by atomic mass is 9.92. The Bertz CT molecular complexity index is 1460. The van der Waals surface area contributed by atoms with Gasteiger partial charge in [0.15, 0.2) is 18.4 Å². The third-order valence-corrected chi connectivity index (χ3v) is 11.7. The van der Waals surface area contributed by atoms with Crippen LogP contribution in [0.5, 0.6) is 0 Å². The molecule has 0 aromatic carbocycles. The van der Waals surface area contributed by atoms with Crippen LogP contribution in [0, 0.1) is 5.92 Å². The number of unbranched alkanes of at least 4 members (excludes halogenated alkanes) is 9. The predicted molar refractivity (Wildman–Crippen MR) is 239 cm³/mol. The number of aliphatic hydroxyl groups excluding tert-OH is 6. The van der Waals surface area contributed by atoms with Crippen LogP contribution in [-0.2, 0) is 42.9 Å². The molecule has 22 nitrogen and oxygen atoms in total. The number of carbonyl (C=O) groups excluding carboxylic acids is 5. The molecule has 2 rings (SSSR count). The van der Waals surface area contributed by atoms with E-state index < -0.39 is 86.3 Å². The topological polar surface area (TPSA) is 341 Å². The highest BCUT2D eigenvalue weighted by molar-refractivity contribution is 5.89. The highest BCUT2D eigenvalue weighted by Crippen LogP contribution is 2.27. The van der Waals surface area contributed by atoms with E-state index in [9.17, 15) is 54.6 Å². The predicted octanol–water partition coefficient (Wildman–Crippen LogP) is 1.05. The van der Waals surface area contributed by atoms with Gasteiger partial charge in [0, 0.05) is 76.3 Å². The summed E-state index contributed by atoms with van der Waals surface area (Å²) in [5.74, 6) is -1.54. The van der Waals surface area contributed by atoms with E-state index in [4.69, 9.17) is 24.5 Å². The van der Waals surface area contributed by atoms with Gasteiger partial charge in [0.2, 0.25) is 23.6 Å². The standard InChI is InChI=1S/C44H79N7O15/c1-29-39(59)40(60)33(27-52)65-43(29)63-25-16-11-21-37(58)50-31(32(55)18-7-3-4-8-19-35(56)46-22-12-5-6-13-24-48-51-45)17-9-14-23-47-36(57)20-10-15-26-64-44-38(49-30(2)54)42(62)41(61)34(28-53)66-44/h29,31,33-34,38-44,52-53,59-62H,3-28H2,1-2H3,(H,46,56)(H,47,57)(H,49,54)(H,50,58)/t29?,31-,33?,34?,38?,39?,40?,41?,42?,43?,44?/m1/s1. The van der Waals surface area contributed by atoms with E-state index in [0.29, 0.717) is 83.8 Å². The number of ether oxygens (including phenoxy) is 4. The minimum atomic E-state index is -1.42. The molecule has 0 aromatic rings. The second-order valence-electron chi connectivity index (χ2n) is 17.2. The summed E-state index contributed by atoms with van der Waals surface area (Å²) in [4.78, 5) is 65.5. The van der Waals surface area contributed by atoms with Gasteiger partial charge in [-0.15, -0.1) is 0 Å². The van der Waals surface area contributed by atoms with Crippen LogP contribution in [0.2, 0.25) is 0 Å². The van der Waals surface area contributed by atoms with Crippen molar-refractivity contribution >= 4 is 29.4 Å². The van der Waals surface area contributed by atoms with Crippen LogP contribution in [0.4, 0.5) is 0 Å². The van der Waals surface area contributed by atoms with Gasteiger partial charge in [-0.2, -0.15) is 0 Å². The van der Waals surface area contributed by atoms with Gasteiger partial charge in [-0.1, -0.05) is 37.7 Å². The Morgan fingerprint density at radius 2 is 1.14 bits per heavy atom. The maximum atomic E-state index is 13.4. The molecule has 22 heteroatoms. The normalized spacial score (nSPS) is 25.6. The minimum Gasteiger partial charge on any atom is -0.394 e. The molecule has 10 unspecified atom stereocenters. The van der Waals surface area contributed by atoms with E-state index in [0.717, 1.165) is 38.5 Å².